The van der Waals surface area contributed by atoms with Crippen molar-refractivity contribution in [3.05, 3.63) is 0 Å². The summed E-state index contributed by atoms with van der Waals surface area (Å²) >= 11 is 0. The molecule has 0 amide bonds. The highest BCUT2D eigenvalue weighted by Gasteiger charge is 2.34. The van der Waals surface area contributed by atoms with Crippen molar-refractivity contribution in [2.24, 2.45) is 0 Å². The molecule has 6 nitrogen and oxygen atoms in total. The fraction of sp³-hybridized carbons (Fsp3) is 0.900. The molecule has 0 bridgehead atoms. The van der Waals surface area contributed by atoms with Gasteiger partial charge in [-0.25, -0.2) is 0 Å². The summed E-state index contributed by atoms with van der Waals surface area (Å²) in [6.07, 6.45) is 0. The fourth-order valence-corrected chi connectivity index (χ4v) is 3.34. The number of hydrogen-bond acceptors (Lipinski definition) is 4. The third kappa shape index (κ3) is 4.61. The first-order valence-corrected chi connectivity index (χ1v) is 6.96. The van der Waals surface area contributed by atoms with E-state index >= 15 is 0 Å². The maximum Gasteiger partial charge on any atom is 0.323 e. The number of methoxy groups -OCH3 is 1. The minimum Gasteiger partial charge on any atom is -0.468 e. The molecule has 0 fully saturated rings. The zero-order chi connectivity index (χ0) is 13.8. The second-order valence-corrected chi connectivity index (χ2v) is 6.01. The van der Waals surface area contributed by atoms with Crippen LogP contribution in [-0.4, -0.2) is 43.9 Å². The Kier molecular flexibility index (Phi) is 6.08. The Morgan fingerprint density at radius 1 is 1.18 bits per heavy atom. The van der Waals surface area contributed by atoms with Gasteiger partial charge in [-0.2, -0.15) is 17.4 Å². The molecule has 0 rings (SSSR count). The van der Waals surface area contributed by atoms with Crippen molar-refractivity contribution in [2.75, 3.05) is 7.11 Å². The Labute approximate surface area is 104 Å². The molecule has 102 valence electrons. The minimum atomic E-state index is -3.69. The lowest BCUT2D eigenvalue weighted by Gasteiger charge is -2.30. The number of carbonyl (C=O) groups excluding carboxylic acids is 1. The van der Waals surface area contributed by atoms with Gasteiger partial charge in [0.15, 0.2) is 0 Å². The summed E-state index contributed by atoms with van der Waals surface area (Å²) in [6, 6.07) is -1.41. The number of rotatable bonds is 6. The second-order valence-electron chi connectivity index (χ2n) is 4.40. The van der Waals surface area contributed by atoms with E-state index in [1.807, 2.05) is 0 Å². The van der Waals surface area contributed by atoms with E-state index in [2.05, 4.69) is 9.46 Å². The summed E-state index contributed by atoms with van der Waals surface area (Å²) in [5, 5.41) is 0. The molecular weight excluding hydrogens is 244 g/mol. The maximum atomic E-state index is 12.1. The molecule has 0 aromatic heterocycles. The third-order valence-electron chi connectivity index (χ3n) is 2.10. The van der Waals surface area contributed by atoms with Crippen LogP contribution >= 0.6 is 0 Å². The largest absolute Gasteiger partial charge is 0.468 e. The first-order valence-electron chi connectivity index (χ1n) is 5.52. The van der Waals surface area contributed by atoms with E-state index in [4.69, 9.17) is 0 Å². The molecule has 1 N–H and O–H groups in total. The molecule has 0 aromatic rings. The zero-order valence-electron chi connectivity index (χ0n) is 11.2. The van der Waals surface area contributed by atoms with Gasteiger partial charge < -0.3 is 4.74 Å². The molecule has 0 saturated carbocycles. The van der Waals surface area contributed by atoms with Crippen LogP contribution in [0, 0.1) is 0 Å². The fourth-order valence-electron chi connectivity index (χ4n) is 1.57. The van der Waals surface area contributed by atoms with Gasteiger partial charge in [-0.05, 0) is 34.6 Å². The molecule has 0 aliphatic rings. The van der Waals surface area contributed by atoms with E-state index in [0.717, 1.165) is 4.31 Å². The van der Waals surface area contributed by atoms with Gasteiger partial charge in [0.25, 0.3) is 10.2 Å². The highest BCUT2D eigenvalue weighted by atomic mass is 32.2. The van der Waals surface area contributed by atoms with E-state index in [-0.39, 0.29) is 12.1 Å². The topological polar surface area (TPSA) is 75.7 Å². The first-order chi connectivity index (χ1) is 7.63. The van der Waals surface area contributed by atoms with Gasteiger partial charge in [-0.15, -0.1) is 0 Å². The minimum absolute atomic E-state index is 0.230. The zero-order valence-corrected chi connectivity index (χ0v) is 12.0. The van der Waals surface area contributed by atoms with Crippen molar-refractivity contribution in [2.45, 2.75) is 52.7 Å². The molecule has 0 aliphatic carbocycles. The molecule has 0 aliphatic heterocycles. The van der Waals surface area contributed by atoms with Crippen molar-refractivity contribution >= 4 is 16.2 Å². The Bertz CT molecular complexity index is 351. The second kappa shape index (κ2) is 6.32. The summed E-state index contributed by atoms with van der Waals surface area (Å²) in [4.78, 5) is 11.4. The Balaban J connectivity index is 5.18. The van der Waals surface area contributed by atoms with E-state index in [9.17, 15) is 13.2 Å². The SMILES string of the molecule is COC(=O)C(C)N(C(C)C)S(=O)(=O)NC(C)C. The average Bonchev–Trinajstić information content (AvgIpc) is 2.12. The highest BCUT2D eigenvalue weighted by molar-refractivity contribution is 7.87. The van der Waals surface area contributed by atoms with Crippen molar-refractivity contribution in [3.63, 3.8) is 0 Å². The number of nitrogens with one attached hydrogen (secondary N) is 1. The van der Waals surface area contributed by atoms with Crippen LogP contribution in [0.15, 0.2) is 0 Å². The Morgan fingerprint density at radius 2 is 1.65 bits per heavy atom. The van der Waals surface area contributed by atoms with Gasteiger partial charge in [-0.1, -0.05) is 0 Å². The van der Waals surface area contributed by atoms with E-state index in [1.54, 1.807) is 27.7 Å². The molecule has 0 radical (unpaired) electrons. The van der Waals surface area contributed by atoms with Gasteiger partial charge >= 0.3 is 5.97 Å². The van der Waals surface area contributed by atoms with Crippen LogP contribution in [0.25, 0.3) is 0 Å². The van der Waals surface area contributed by atoms with Crippen LogP contribution < -0.4 is 4.72 Å². The average molecular weight is 266 g/mol. The molecule has 0 aromatic carbocycles. The summed E-state index contributed by atoms with van der Waals surface area (Å²) in [5.74, 6) is -0.576. The molecule has 7 heteroatoms. The molecular formula is C10H22N2O4S. The van der Waals surface area contributed by atoms with Crippen molar-refractivity contribution in [1.29, 1.82) is 0 Å². The van der Waals surface area contributed by atoms with Gasteiger partial charge in [-0.3, -0.25) is 4.79 Å². The molecule has 0 saturated heterocycles. The summed E-state index contributed by atoms with van der Waals surface area (Å²) < 4.78 is 32.2. The monoisotopic (exact) mass is 266 g/mol. The van der Waals surface area contributed by atoms with Gasteiger partial charge in [0, 0.05) is 12.1 Å². The van der Waals surface area contributed by atoms with Gasteiger partial charge in [0.1, 0.15) is 6.04 Å². The van der Waals surface area contributed by atoms with Crippen molar-refractivity contribution in [3.8, 4) is 0 Å². The molecule has 1 unspecified atom stereocenters. The summed E-state index contributed by atoms with van der Waals surface area (Å²) in [7, 11) is -2.46. The van der Waals surface area contributed by atoms with Crippen LogP contribution in [0.5, 0.6) is 0 Å². The van der Waals surface area contributed by atoms with E-state index < -0.39 is 22.2 Å². The lowest BCUT2D eigenvalue weighted by Crippen LogP contribution is -2.53. The smallest absolute Gasteiger partial charge is 0.323 e. The summed E-state index contributed by atoms with van der Waals surface area (Å²) in [6.45, 7) is 8.36. The van der Waals surface area contributed by atoms with Crippen LogP contribution in [0.2, 0.25) is 0 Å². The van der Waals surface area contributed by atoms with E-state index in [0.29, 0.717) is 0 Å². The standard InChI is InChI=1S/C10H22N2O4S/c1-7(2)11-17(14,15)12(8(3)4)9(5)10(13)16-6/h7-9,11H,1-6H3. The maximum absolute atomic E-state index is 12.1. The highest BCUT2D eigenvalue weighted by Crippen LogP contribution is 2.12. The third-order valence-corrected chi connectivity index (χ3v) is 4.16. The van der Waals surface area contributed by atoms with Crippen molar-refractivity contribution < 1.29 is 17.9 Å². The van der Waals surface area contributed by atoms with Crippen molar-refractivity contribution in [1.82, 2.24) is 9.03 Å². The molecule has 1 atom stereocenters. The Morgan fingerprint density at radius 3 is 1.94 bits per heavy atom. The van der Waals surface area contributed by atoms with Crippen LogP contribution in [0.1, 0.15) is 34.6 Å². The predicted octanol–water partition coefficient (Wildman–Crippen LogP) is 0.501. The lowest BCUT2D eigenvalue weighted by atomic mass is 10.3. The number of esters is 1. The van der Waals surface area contributed by atoms with Gasteiger partial charge in [0.2, 0.25) is 0 Å². The number of ether oxygens (including phenoxy) is 1. The predicted molar refractivity (Wildman–Crippen MR) is 65.6 cm³/mol. The van der Waals surface area contributed by atoms with Crippen LogP contribution in [-0.2, 0) is 19.7 Å². The number of hydrogen-bond donors (Lipinski definition) is 1. The molecule has 0 heterocycles. The first kappa shape index (κ1) is 16.3. The quantitative estimate of drug-likeness (QED) is 0.710. The number of nitrogens with zero attached hydrogens (tertiary/aromatic N) is 1. The van der Waals surface area contributed by atoms with Gasteiger partial charge in [0.05, 0.1) is 7.11 Å². The Hall–Kier alpha value is -0.660. The van der Waals surface area contributed by atoms with Crippen LogP contribution in [0.4, 0.5) is 0 Å². The normalized spacial score (nSPS) is 14.4. The number of carbonyl (C=O) groups is 1. The summed E-state index contributed by atoms with van der Waals surface area (Å²) in [5.41, 5.74) is 0. The molecule has 0 spiro atoms. The molecule has 17 heavy (non-hydrogen) atoms. The van der Waals surface area contributed by atoms with Crippen LogP contribution in [0.3, 0.4) is 0 Å². The van der Waals surface area contributed by atoms with E-state index in [1.165, 1.54) is 14.0 Å². The lowest BCUT2D eigenvalue weighted by molar-refractivity contribution is -0.145.